The number of carbonyl (C=O) groups is 2. The molecule has 0 heterocycles. The lowest BCUT2D eigenvalue weighted by Gasteiger charge is -2.23. The van der Waals surface area contributed by atoms with Crippen molar-refractivity contribution in [1.29, 1.82) is 0 Å². The van der Waals surface area contributed by atoms with Gasteiger partial charge in [0, 0.05) is 12.8 Å². The summed E-state index contributed by atoms with van der Waals surface area (Å²) in [4.78, 5) is 22.7. The molecule has 0 saturated heterocycles. The highest BCUT2D eigenvalue weighted by molar-refractivity contribution is 5.69. The van der Waals surface area contributed by atoms with Gasteiger partial charge in [-0.15, -0.1) is 0 Å². The van der Waals surface area contributed by atoms with E-state index in [2.05, 4.69) is 25.5 Å². The topological polar surface area (TPSA) is 52.6 Å². The van der Waals surface area contributed by atoms with Crippen molar-refractivity contribution in [2.45, 2.75) is 124 Å². The first-order valence-corrected chi connectivity index (χ1v) is 11.6. The number of hydrogen-bond donors (Lipinski definition) is 0. The van der Waals surface area contributed by atoms with Crippen molar-refractivity contribution >= 4 is 11.9 Å². The van der Waals surface area contributed by atoms with Crippen molar-refractivity contribution in [2.75, 3.05) is 13.7 Å². The zero-order chi connectivity index (χ0) is 21.1. The molecule has 0 amide bonds. The van der Waals surface area contributed by atoms with Crippen LogP contribution in [0.4, 0.5) is 0 Å². The molecule has 0 aliphatic rings. The summed E-state index contributed by atoms with van der Waals surface area (Å²) in [7, 11) is 1.43. The Morgan fingerprint density at radius 3 is 1.75 bits per heavy atom. The Balaban J connectivity index is 3.33. The maximum Gasteiger partial charge on any atom is 0.305 e. The lowest BCUT2D eigenvalue weighted by atomic mass is 9.83. The monoisotopic (exact) mass is 398 g/mol. The zero-order valence-corrected chi connectivity index (χ0v) is 19.2. The van der Waals surface area contributed by atoms with Gasteiger partial charge in [-0.3, -0.25) is 9.59 Å². The fourth-order valence-corrected chi connectivity index (χ4v) is 3.64. The predicted octanol–water partition coefficient (Wildman–Crippen LogP) is 6.99. The van der Waals surface area contributed by atoms with Crippen LogP contribution in [-0.4, -0.2) is 25.7 Å². The van der Waals surface area contributed by atoms with Crippen LogP contribution in [0.3, 0.4) is 0 Å². The van der Waals surface area contributed by atoms with Crippen molar-refractivity contribution in [1.82, 2.24) is 0 Å². The molecule has 0 aliphatic carbocycles. The van der Waals surface area contributed by atoms with E-state index in [1.165, 1.54) is 45.6 Å². The van der Waals surface area contributed by atoms with E-state index in [4.69, 9.17) is 4.74 Å². The Labute approximate surface area is 174 Å². The Bertz CT molecular complexity index is 390. The van der Waals surface area contributed by atoms with Gasteiger partial charge in [-0.2, -0.15) is 0 Å². The summed E-state index contributed by atoms with van der Waals surface area (Å²) in [5.41, 5.74) is 0.488. The second kappa shape index (κ2) is 18.0. The lowest BCUT2D eigenvalue weighted by Crippen LogP contribution is -2.10. The summed E-state index contributed by atoms with van der Waals surface area (Å²) < 4.78 is 9.93. The molecule has 4 nitrogen and oxygen atoms in total. The first-order chi connectivity index (χ1) is 13.4. The molecule has 4 heteroatoms. The van der Waals surface area contributed by atoms with E-state index in [9.17, 15) is 9.59 Å². The molecule has 28 heavy (non-hydrogen) atoms. The van der Waals surface area contributed by atoms with Gasteiger partial charge in [0.2, 0.25) is 0 Å². The molecule has 0 radical (unpaired) electrons. The summed E-state index contributed by atoms with van der Waals surface area (Å²) in [5.74, 6) is -0.162. The van der Waals surface area contributed by atoms with Crippen LogP contribution in [0, 0.1) is 5.41 Å². The molecule has 0 unspecified atom stereocenters. The van der Waals surface area contributed by atoms with Crippen molar-refractivity contribution in [3.63, 3.8) is 0 Å². The Morgan fingerprint density at radius 2 is 1.18 bits per heavy atom. The first-order valence-electron chi connectivity index (χ1n) is 11.6. The Kier molecular flexibility index (Phi) is 17.3. The third kappa shape index (κ3) is 18.3. The number of esters is 2. The van der Waals surface area contributed by atoms with Crippen LogP contribution in [0.5, 0.6) is 0 Å². The highest BCUT2D eigenvalue weighted by Gasteiger charge is 2.15. The molecule has 0 atom stereocenters. The molecule has 0 aromatic carbocycles. The van der Waals surface area contributed by atoms with Crippen molar-refractivity contribution in [2.24, 2.45) is 5.41 Å². The molecule has 0 rings (SSSR count). The Hall–Kier alpha value is -1.06. The molecule has 0 saturated carbocycles. The minimum Gasteiger partial charge on any atom is -0.469 e. The third-order valence-electron chi connectivity index (χ3n) is 5.43. The highest BCUT2D eigenvalue weighted by atomic mass is 16.5. The van der Waals surface area contributed by atoms with Crippen LogP contribution in [0.25, 0.3) is 0 Å². The van der Waals surface area contributed by atoms with Gasteiger partial charge in [0.15, 0.2) is 0 Å². The highest BCUT2D eigenvalue weighted by Crippen LogP contribution is 2.29. The van der Waals surface area contributed by atoms with Gasteiger partial charge >= 0.3 is 11.9 Å². The van der Waals surface area contributed by atoms with E-state index < -0.39 is 0 Å². The van der Waals surface area contributed by atoms with E-state index in [0.717, 1.165) is 51.4 Å². The number of rotatable bonds is 19. The van der Waals surface area contributed by atoms with E-state index >= 15 is 0 Å². The summed E-state index contributed by atoms with van der Waals surface area (Å²) in [6.07, 6.45) is 17.1. The fraction of sp³-hybridized carbons (Fsp3) is 0.917. The number of hydrogen-bond acceptors (Lipinski definition) is 4. The Morgan fingerprint density at radius 1 is 0.679 bits per heavy atom. The zero-order valence-electron chi connectivity index (χ0n) is 19.2. The first kappa shape index (κ1) is 26.9. The summed E-state index contributed by atoms with van der Waals surface area (Å²) in [6.45, 7) is 7.56. The summed E-state index contributed by atoms with van der Waals surface area (Å²) in [6, 6.07) is 0. The maximum absolute atomic E-state index is 11.7. The van der Waals surface area contributed by atoms with Gasteiger partial charge in [0.25, 0.3) is 0 Å². The van der Waals surface area contributed by atoms with E-state index in [-0.39, 0.29) is 11.9 Å². The van der Waals surface area contributed by atoms with Crippen LogP contribution >= 0.6 is 0 Å². The van der Waals surface area contributed by atoms with Crippen molar-refractivity contribution in [3.05, 3.63) is 0 Å². The maximum atomic E-state index is 11.7. The van der Waals surface area contributed by atoms with Crippen LogP contribution in [-0.2, 0) is 19.1 Å². The lowest BCUT2D eigenvalue weighted by molar-refractivity contribution is -0.144. The molecule has 0 aliphatic heterocycles. The second-order valence-corrected chi connectivity index (χ2v) is 8.85. The molecule has 166 valence electrons. The minimum absolute atomic E-state index is 0.0397. The smallest absolute Gasteiger partial charge is 0.305 e. The van der Waals surface area contributed by atoms with Gasteiger partial charge in [0.05, 0.1) is 13.7 Å². The van der Waals surface area contributed by atoms with E-state index in [1.807, 2.05) is 0 Å². The SMILES string of the molecule is CCCC(C)(C)CCCCCCCC(=O)OCCCCCCCCC(=O)OC. The molecular formula is C24H46O4. The molecule has 0 aromatic rings. The van der Waals surface area contributed by atoms with Gasteiger partial charge in [-0.25, -0.2) is 0 Å². The van der Waals surface area contributed by atoms with Gasteiger partial charge in [0.1, 0.15) is 0 Å². The standard InChI is InChI=1S/C24H46O4/c1-5-19-24(2,3)20-15-11-8-10-14-18-23(26)28-21-16-12-7-6-9-13-17-22(25)27-4/h5-21H2,1-4H3. The van der Waals surface area contributed by atoms with Gasteiger partial charge < -0.3 is 9.47 Å². The average Bonchev–Trinajstić information content (AvgIpc) is 2.65. The van der Waals surface area contributed by atoms with Crippen molar-refractivity contribution < 1.29 is 19.1 Å². The summed E-state index contributed by atoms with van der Waals surface area (Å²) >= 11 is 0. The molecule has 0 N–H and O–H groups in total. The fourth-order valence-electron chi connectivity index (χ4n) is 3.64. The number of methoxy groups -OCH3 is 1. The quantitative estimate of drug-likeness (QED) is 0.174. The average molecular weight is 399 g/mol. The van der Waals surface area contributed by atoms with Crippen LogP contribution < -0.4 is 0 Å². The van der Waals surface area contributed by atoms with E-state index in [0.29, 0.717) is 24.9 Å². The van der Waals surface area contributed by atoms with Gasteiger partial charge in [-0.1, -0.05) is 78.6 Å². The largest absolute Gasteiger partial charge is 0.469 e. The van der Waals surface area contributed by atoms with E-state index in [1.54, 1.807) is 0 Å². The molecular weight excluding hydrogens is 352 g/mol. The number of carbonyl (C=O) groups excluding carboxylic acids is 2. The number of unbranched alkanes of at least 4 members (excludes halogenated alkanes) is 9. The molecule has 0 aromatic heterocycles. The van der Waals surface area contributed by atoms with Crippen LogP contribution in [0.2, 0.25) is 0 Å². The predicted molar refractivity (Wildman–Crippen MR) is 116 cm³/mol. The molecule has 0 bridgehead atoms. The summed E-state index contributed by atoms with van der Waals surface area (Å²) in [5, 5.41) is 0. The van der Waals surface area contributed by atoms with Gasteiger partial charge in [-0.05, 0) is 37.5 Å². The normalized spacial score (nSPS) is 11.4. The molecule has 0 fully saturated rings. The van der Waals surface area contributed by atoms with Crippen molar-refractivity contribution in [3.8, 4) is 0 Å². The minimum atomic E-state index is -0.122. The number of ether oxygens (including phenoxy) is 2. The van der Waals surface area contributed by atoms with Crippen LogP contribution in [0.1, 0.15) is 124 Å². The third-order valence-corrected chi connectivity index (χ3v) is 5.43. The van der Waals surface area contributed by atoms with Crippen LogP contribution in [0.15, 0.2) is 0 Å². The molecule has 0 spiro atoms. The second-order valence-electron chi connectivity index (χ2n) is 8.85.